The topological polar surface area (TPSA) is 66.8 Å². The Morgan fingerprint density at radius 1 is 1.35 bits per heavy atom. The van der Waals surface area contributed by atoms with Crippen molar-refractivity contribution in [2.24, 2.45) is 5.10 Å². The summed E-state index contributed by atoms with van der Waals surface area (Å²) in [7, 11) is 0. The molecule has 6 nitrogen and oxygen atoms in total. The summed E-state index contributed by atoms with van der Waals surface area (Å²) in [5.74, 6) is -0.388. The molecule has 1 amide bonds. The number of carbonyl (C=O) groups excluding carboxylic acids is 1. The molecule has 0 saturated carbocycles. The standard InChI is InChI=1S/C17H18ClFN4O2S/c18-16-14(26-17(21-16)23-8-2-1-3-9-23)10-20-22-15(24)11-25-13-6-4-12(19)5-7-13/h4-7,10H,1-3,8-9,11H2,(H,22,24)/b20-10-. The maximum Gasteiger partial charge on any atom is 0.277 e. The molecule has 138 valence electrons. The zero-order chi connectivity index (χ0) is 18.4. The van der Waals surface area contributed by atoms with Crippen molar-refractivity contribution in [3.05, 3.63) is 40.1 Å². The highest BCUT2D eigenvalue weighted by Gasteiger charge is 2.16. The zero-order valence-corrected chi connectivity index (χ0v) is 15.5. The first kappa shape index (κ1) is 18.6. The van der Waals surface area contributed by atoms with Crippen molar-refractivity contribution in [1.82, 2.24) is 10.4 Å². The molecular weight excluding hydrogens is 379 g/mol. The summed E-state index contributed by atoms with van der Waals surface area (Å²) in [5, 5.41) is 5.14. The number of hydrogen-bond donors (Lipinski definition) is 1. The van der Waals surface area contributed by atoms with Gasteiger partial charge in [-0.2, -0.15) is 5.10 Å². The van der Waals surface area contributed by atoms with Crippen LogP contribution in [0.3, 0.4) is 0 Å². The number of halogens is 2. The lowest BCUT2D eigenvalue weighted by atomic mass is 10.1. The molecule has 1 fully saturated rings. The van der Waals surface area contributed by atoms with Crippen LogP contribution in [-0.2, 0) is 4.79 Å². The van der Waals surface area contributed by atoms with E-state index in [-0.39, 0.29) is 12.4 Å². The maximum atomic E-state index is 12.8. The maximum absolute atomic E-state index is 12.8. The van der Waals surface area contributed by atoms with Gasteiger partial charge in [0.15, 0.2) is 16.9 Å². The SMILES string of the molecule is O=C(COc1ccc(F)cc1)N/N=C\c1sc(N2CCCCC2)nc1Cl. The molecule has 1 N–H and O–H groups in total. The second-order valence-corrected chi connectivity index (χ2v) is 7.10. The van der Waals surface area contributed by atoms with E-state index < -0.39 is 5.91 Å². The number of nitrogens with one attached hydrogen (secondary N) is 1. The van der Waals surface area contributed by atoms with Crippen molar-refractivity contribution in [1.29, 1.82) is 0 Å². The van der Waals surface area contributed by atoms with Crippen LogP contribution in [0.4, 0.5) is 9.52 Å². The van der Waals surface area contributed by atoms with Crippen molar-refractivity contribution >= 4 is 40.2 Å². The number of piperidine rings is 1. The average molecular weight is 397 g/mol. The minimum absolute atomic E-state index is 0.224. The highest BCUT2D eigenvalue weighted by molar-refractivity contribution is 7.17. The van der Waals surface area contributed by atoms with Gasteiger partial charge < -0.3 is 9.64 Å². The number of hydrogen-bond acceptors (Lipinski definition) is 6. The van der Waals surface area contributed by atoms with Gasteiger partial charge in [0.1, 0.15) is 11.6 Å². The van der Waals surface area contributed by atoms with Crippen LogP contribution in [0.1, 0.15) is 24.1 Å². The van der Waals surface area contributed by atoms with Crippen LogP contribution in [0.2, 0.25) is 5.15 Å². The number of benzene rings is 1. The summed E-state index contributed by atoms with van der Waals surface area (Å²) < 4.78 is 18.0. The van der Waals surface area contributed by atoms with Crippen molar-refractivity contribution in [3.8, 4) is 5.75 Å². The smallest absolute Gasteiger partial charge is 0.277 e. The quantitative estimate of drug-likeness (QED) is 0.599. The lowest BCUT2D eigenvalue weighted by Crippen LogP contribution is -2.29. The average Bonchev–Trinajstić information content (AvgIpc) is 3.03. The van der Waals surface area contributed by atoms with E-state index in [4.69, 9.17) is 16.3 Å². The molecule has 0 spiro atoms. The number of ether oxygens (including phenoxy) is 1. The molecule has 1 aliphatic rings. The third kappa shape index (κ3) is 5.15. The monoisotopic (exact) mass is 396 g/mol. The second-order valence-electron chi connectivity index (χ2n) is 5.73. The molecule has 2 aromatic rings. The Hall–Kier alpha value is -2.19. The van der Waals surface area contributed by atoms with Crippen molar-refractivity contribution in [3.63, 3.8) is 0 Å². The third-order valence-electron chi connectivity index (χ3n) is 3.78. The van der Waals surface area contributed by atoms with E-state index in [1.807, 2.05) is 0 Å². The fourth-order valence-corrected chi connectivity index (χ4v) is 3.65. The second kappa shape index (κ2) is 8.95. The first-order valence-corrected chi connectivity index (χ1v) is 9.43. The molecule has 0 unspecified atom stereocenters. The summed E-state index contributed by atoms with van der Waals surface area (Å²) in [5.41, 5.74) is 2.37. The van der Waals surface area contributed by atoms with Crippen molar-refractivity contribution < 1.29 is 13.9 Å². The largest absolute Gasteiger partial charge is 0.484 e. The van der Waals surface area contributed by atoms with Gasteiger partial charge >= 0.3 is 0 Å². The first-order chi connectivity index (χ1) is 12.6. The Labute approximate surface area is 159 Å². The number of thiazole rings is 1. The summed E-state index contributed by atoms with van der Waals surface area (Å²) in [6, 6.07) is 5.42. The van der Waals surface area contributed by atoms with Gasteiger partial charge in [0, 0.05) is 13.1 Å². The molecule has 1 aromatic carbocycles. The van der Waals surface area contributed by atoms with Gasteiger partial charge in [0.2, 0.25) is 0 Å². The number of hydrazone groups is 1. The Bertz CT molecular complexity index is 776. The van der Waals surface area contributed by atoms with Crippen LogP contribution in [0.25, 0.3) is 0 Å². The number of aromatic nitrogens is 1. The Kier molecular flexibility index (Phi) is 6.40. The van der Waals surface area contributed by atoms with Crippen LogP contribution in [-0.4, -0.2) is 36.8 Å². The predicted octanol–water partition coefficient (Wildman–Crippen LogP) is 3.46. The molecule has 0 bridgehead atoms. The number of anilines is 1. The molecule has 1 saturated heterocycles. The van der Waals surface area contributed by atoms with Gasteiger partial charge in [-0.3, -0.25) is 4.79 Å². The van der Waals surface area contributed by atoms with Gasteiger partial charge in [-0.25, -0.2) is 14.8 Å². The highest BCUT2D eigenvalue weighted by Crippen LogP contribution is 2.30. The van der Waals surface area contributed by atoms with E-state index in [1.54, 1.807) is 0 Å². The van der Waals surface area contributed by atoms with Crippen LogP contribution in [0, 0.1) is 5.82 Å². The predicted molar refractivity (Wildman–Crippen MR) is 101 cm³/mol. The van der Waals surface area contributed by atoms with E-state index in [1.165, 1.54) is 48.2 Å². The van der Waals surface area contributed by atoms with Crippen molar-refractivity contribution in [2.75, 3.05) is 24.6 Å². The van der Waals surface area contributed by atoms with E-state index >= 15 is 0 Å². The molecular formula is C17H18ClFN4O2S. The highest BCUT2D eigenvalue weighted by atomic mass is 35.5. The van der Waals surface area contributed by atoms with E-state index in [0.717, 1.165) is 31.1 Å². The van der Waals surface area contributed by atoms with Crippen LogP contribution >= 0.6 is 22.9 Å². The number of amides is 1. The minimum atomic E-state index is -0.428. The third-order valence-corrected chi connectivity index (χ3v) is 5.23. The van der Waals surface area contributed by atoms with Gasteiger partial charge in [-0.1, -0.05) is 22.9 Å². The molecule has 1 aromatic heterocycles. The Morgan fingerprint density at radius 3 is 2.81 bits per heavy atom. The summed E-state index contributed by atoms with van der Waals surface area (Å²) in [6.45, 7) is 1.74. The lowest BCUT2D eigenvalue weighted by molar-refractivity contribution is -0.123. The van der Waals surface area contributed by atoms with Crippen LogP contribution in [0.5, 0.6) is 5.75 Å². The molecule has 2 heterocycles. The number of nitrogens with zero attached hydrogens (tertiary/aromatic N) is 3. The van der Waals surface area contributed by atoms with Crippen molar-refractivity contribution in [2.45, 2.75) is 19.3 Å². The van der Waals surface area contributed by atoms with E-state index in [9.17, 15) is 9.18 Å². The molecule has 3 rings (SSSR count). The fraction of sp³-hybridized carbons (Fsp3) is 0.353. The number of rotatable bonds is 6. The molecule has 0 aliphatic carbocycles. The van der Waals surface area contributed by atoms with E-state index in [0.29, 0.717) is 15.8 Å². The Balaban J connectivity index is 1.49. The van der Waals surface area contributed by atoms with Gasteiger partial charge in [-0.05, 0) is 43.5 Å². The van der Waals surface area contributed by atoms with Crippen LogP contribution < -0.4 is 15.1 Å². The molecule has 0 atom stereocenters. The minimum Gasteiger partial charge on any atom is -0.484 e. The molecule has 1 aliphatic heterocycles. The first-order valence-electron chi connectivity index (χ1n) is 8.23. The molecule has 0 radical (unpaired) electrons. The molecule has 26 heavy (non-hydrogen) atoms. The van der Waals surface area contributed by atoms with Gasteiger partial charge in [0.05, 0.1) is 11.1 Å². The molecule has 9 heteroatoms. The number of carbonyl (C=O) groups is 1. The normalized spacial score (nSPS) is 14.6. The summed E-state index contributed by atoms with van der Waals surface area (Å²) in [6.07, 6.45) is 5.04. The van der Waals surface area contributed by atoms with Gasteiger partial charge in [-0.15, -0.1) is 0 Å². The van der Waals surface area contributed by atoms with Gasteiger partial charge in [0.25, 0.3) is 5.91 Å². The zero-order valence-electron chi connectivity index (χ0n) is 14.0. The van der Waals surface area contributed by atoms with Crippen LogP contribution in [0.15, 0.2) is 29.4 Å². The summed E-state index contributed by atoms with van der Waals surface area (Å²) >= 11 is 7.59. The Morgan fingerprint density at radius 2 is 2.08 bits per heavy atom. The lowest BCUT2D eigenvalue weighted by Gasteiger charge is -2.25. The van der Waals surface area contributed by atoms with E-state index in [2.05, 4.69) is 20.4 Å². The summed E-state index contributed by atoms with van der Waals surface area (Å²) in [4.78, 5) is 19.0. The fourth-order valence-electron chi connectivity index (χ4n) is 2.48.